The van der Waals surface area contributed by atoms with Crippen molar-refractivity contribution in [1.82, 2.24) is 0 Å². The maximum atomic E-state index is 13.2. The number of carbonyl (C=O) groups is 1. The Labute approximate surface area is 255 Å². The van der Waals surface area contributed by atoms with Gasteiger partial charge in [0.25, 0.3) is 0 Å². The molecule has 4 rings (SSSR count). The first-order chi connectivity index (χ1) is 20.3. The molecule has 0 atom stereocenters. The van der Waals surface area contributed by atoms with Crippen LogP contribution in [0.2, 0.25) is 0 Å². The lowest BCUT2D eigenvalue weighted by Gasteiger charge is -2.14. The summed E-state index contributed by atoms with van der Waals surface area (Å²) in [4.78, 5) is 11.8. The number of aryl methyl sites for hydroxylation is 3. The van der Waals surface area contributed by atoms with Gasteiger partial charge in [-0.2, -0.15) is 13.2 Å². The smallest absolute Gasteiger partial charge is 0.433 e. The Morgan fingerprint density at radius 1 is 1.00 bits per heavy atom. The number of benzene rings is 2. The summed E-state index contributed by atoms with van der Waals surface area (Å²) in [6.45, 7) is 17.8. The van der Waals surface area contributed by atoms with Crippen molar-refractivity contribution < 1.29 is 27.1 Å². The van der Waals surface area contributed by atoms with E-state index in [-0.39, 0.29) is 5.82 Å². The van der Waals surface area contributed by atoms with E-state index in [4.69, 9.17) is 5.41 Å². The molecular weight excluding hydrogens is 554 g/mol. The minimum atomic E-state index is -4.94. The van der Waals surface area contributed by atoms with Crippen molar-refractivity contribution in [2.24, 2.45) is 5.92 Å². The van der Waals surface area contributed by atoms with E-state index < -0.39 is 23.4 Å². The number of hydrogen-bond acceptors (Lipinski definition) is 3. The molecule has 0 aromatic heterocycles. The fourth-order valence-corrected chi connectivity index (χ4v) is 4.66. The number of allylic oxidation sites excluding steroid dienone is 4. The van der Waals surface area contributed by atoms with Gasteiger partial charge in [0.1, 0.15) is 5.82 Å². The predicted octanol–water partition coefficient (Wildman–Crippen LogP) is 10.6. The highest BCUT2D eigenvalue weighted by molar-refractivity contribution is 6.21. The lowest BCUT2D eigenvalue weighted by Crippen LogP contribution is -2.28. The Hall–Kier alpha value is -3.48. The number of rotatable bonds is 7. The lowest BCUT2D eigenvalue weighted by atomic mass is 9.92. The Morgan fingerprint density at radius 3 is 2.12 bits per heavy atom. The normalized spacial score (nSPS) is 14.4. The Bertz CT molecular complexity index is 1330. The Balaban J connectivity index is 0.000000477. The number of methoxy groups -OCH3 is 1. The predicted molar refractivity (Wildman–Crippen MR) is 170 cm³/mol. The molecule has 0 heterocycles. The van der Waals surface area contributed by atoms with Gasteiger partial charge in [-0.15, -0.1) is 0 Å². The molecule has 0 unspecified atom stereocenters. The maximum absolute atomic E-state index is 13.2. The molecule has 1 N–H and O–H groups in total. The van der Waals surface area contributed by atoms with Gasteiger partial charge in [0, 0.05) is 0 Å². The molecule has 1 fully saturated rings. The van der Waals surface area contributed by atoms with Gasteiger partial charge in [0.05, 0.1) is 12.7 Å². The van der Waals surface area contributed by atoms with Crippen LogP contribution in [0.25, 0.3) is 5.57 Å². The zero-order chi connectivity index (χ0) is 32.9. The molecule has 7 heteroatoms. The summed E-state index contributed by atoms with van der Waals surface area (Å²) in [6.07, 6.45) is 1.89. The summed E-state index contributed by atoms with van der Waals surface area (Å²) in [5, 5.41) is 7.32. The van der Waals surface area contributed by atoms with E-state index in [9.17, 15) is 22.4 Å². The third-order valence-corrected chi connectivity index (χ3v) is 7.01. The van der Waals surface area contributed by atoms with Crippen LogP contribution in [-0.4, -0.2) is 25.0 Å². The van der Waals surface area contributed by atoms with Gasteiger partial charge >= 0.3 is 12.1 Å². The molecule has 0 radical (unpaired) electrons. The third-order valence-electron chi connectivity index (χ3n) is 7.01. The number of carbonyl (C=O) groups excluding carboxylic acids is 1. The summed E-state index contributed by atoms with van der Waals surface area (Å²) in [5.74, 6) is -0.463. The molecule has 3 nitrogen and oxygen atoms in total. The van der Waals surface area contributed by atoms with Crippen LogP contribution >= 0.6 is 0 Å². The first kappa shape index (κ1) is 37.5. The molecule has 0 bridgehead atoms. The van der Waals surface area contributed by atoms with Gasteiger partial charge in [-0.3, -0.25) is 5.41 Å². The first-order valence-corrected chi connectivity index (χ1v) is 15.0. The molecule has 2 aromatic carbocycles. The van der Waals surface area contributed by atoms with Crippen molar-refractivity contribution in [3.8, 4) is 0 Å². The van der Waals surface area contributed by atoms with Crippen LogP contribution in [0.1, 0.15) is 87.6 Å². The minimum absolute atomic E-state index is 0.0260. The summed E-state index contributed by atoms with van der Waals surface area (Å²) >= 11 is 0. The summed E-state index contributed by atoms with van der Waals surface area (Å²) in [7, 11) is 0.985. The molecule has 43 heavy (non-hydrogen) atoms. The Morgan fingerprint density at radius 2 is 1.58 bits per heavy atom. The SMILES string of the molecule is C=C(/C=C(\C(=N)C(F)(F)F)C(=O)OC)C1=C(c2cc(C)ccc2C)CCC1.CC.CC.Cc1ccc(CC2CC2)c(F)c1. The third kappa shape index (κ3) is 11.3. The molecule has 0 aliphatic heterocycles. The van der Waals surface area contributed by atoms with Crippen LogP contribution in [0.5, 0.6) is 0 Å². The highest BCUT2D eigenvalue weighted by Gasteiger charge is 2.39. The molecule has 1 saturated carbocycles. The van der Waals surface area contributed by atoms with Crippen molar-refractivity contribution in [3.05, 3.63) is 99.4 Å². The molecule has 0 amide bonds. The van der Waals surface area contributed by atoms with E-state index in [1.54, 1.807) is 6.07 Å². The maximum Gasteiger partial charge on any atom is 0.433 e. The molecule has 2 aromatic rings. The molecule has 236 valence electrons. The van der Waals surface area contributed by atoms with E-state index in [2.05, 4.69) is 11.3 Å². The van der Waals surface area contributed by atoms with Crippen LogP contribution in [0.15, 0.2) is 65.8 Å². The number of nitrogens with one attached hydrogen (secondary N) is 1. The minimum Gasteiger partial charge on any atom is -0.465 e. The van der Waals surface area contributed by atoms with E-state index in [0.717, 1.165) is 77.3 Å². The highest BCUT2D eigenvalue weighted by Crippen LogP contribution is 2.39. The summed E-state index contributed by atoms with van der Waals surface area (Å²) < 4.78 is 56.5. The van der Waals surface area contributed by atoms with Crippen molar-refractivity contribution in [2.75, 3.05) is 7.11 Å². The number of hydrogen-bond donors (Lipinski definition) is 1. The van der Waals surface area contributed by atoms with Gasteiger partial charge in [-0.1, -0.05) is 70.2 Å². The number of ether oxygens (including phenoxy) is 1. The fraction of sp³-hybridized carbons (Fsp3) is 0.444. The quantitative estimate of drug-likeness (QED) is 0.113. The van der Waals surface area contributed by atoms with Crippen LogP contribution in [0, 0.1) is 37.9 Å². The van der Waals surface area contributed by atoms with Crippen molar-refractivity contribution in [1.29, 1.82) is 5.41 Å². The van der Waals surface area contributed by atoms with E-state index >= 15 is 0 Å². The largest absolute Gasteiger partial charge is 0.465 e. The lowest BCUT2D eigenvalue weighted by molar-refractivity contribution is -0.136. The number of alkyl halides is 3. The van der Waals surface area contributed by atoms with Crippen molar-refractivity contribution in [2.45, 2.75) is 93.2 Å². The number of esters is 1. The second-order valence-corrected chi connectivity index (χ2v) is 10.3. The molecule has 0 saturated heterocycles. The van der Waals surface area contributed by atoms with Gasteiger partial charge in [0.2, 0.25) is 0 Å². The summed E-state index contributed by atoms with van der Waals surface area (Å²) in [6, 6.07) is 11.6. The van der Waals surface area contributed by atoms with E-state index in [0.29, 0.717) is 12.0 Å². The molecule has 0 spiro atoms. The molecule has 2 aliphatic rings. The average Bonchev–Trinajstić information content (AvgIpc) is 3.67. The van der Waals surface area contributed by atoms with Crippen LogP contribution in [0.4, 0.5) is 17.6 Å². The number of halogens is 4. The van der Waals surface area contributed by atoms with Gasteiger partial charge in [0.15, 0.2) is 5.71 Å². The zero-order valence-electron chi connectivity index (χ0n) is 26.9. The van der Waals surface area contributed by atoms with Crippen LogP contribution in [0.3, 0.4) is 0 Å². The van der Waals surface area contributed by atoms with Gasteiger partial charge < -0.3 is 4.74 Å². The van der Waals surface area contributed by atoms with Crippen molar-refractivity contribution in [3.63, 3.8) is 0 Å². The zero-order valence-corrected chi connectivity index (χ0v) is 26.9. The second-order valence-electron chi connectivity index (χ2n) is 10.3. The van der Waals surface area contributed by atoms with Crippen molar-refractivity contribution >= 4 is 17.3 Å². The van der Waals surface area contributed by atoms with Gasteiger partial charge in [-0.05, 0) is 116 Å². The fourth-order valence-electron chi connectivity index (χ4n) is 4.66. The highest BCUT2D eigenvalue weighted by atomic mass is 19.4. The Kier molecular flexibility index (Phi) is 15.4. The van der Waals surface area contributed by atoms with E-state index in [1.165, 1.54) is 12.8 Å². The van der Waals surface area contributed by atoms with Gasteiger partial charge in [-0.25, -0.2) is 9.18 Å². The van der Waals surface area contributed by atoms with Crippen LogP contribution in [-0.2, 0) is 16.0 Å². The standard InChI is InChI=1S/C21H22F3NO2.C11H13F.2C2H6/c1-12-8-9-13(2)17(10-12)16-7-5-6-15(16)14(3)11-18(20(26)27-4)19(25)21(22,23)24;1-8-2-5-10(11(12)6-8)7-9-3-4-9;2*1-2/h8-11,25H,3,5-7H2,1-2,4H3;2,5-6,9H,3-4,7H2,1H3;2*1-2H3/b18-11+,25-19?;;;. The monoisotopic (exact) mass is 601 g/mol. The van der Waals surface area contributed by atoms with Crippen LogP contribution < -0.4 is 0 Å². The van der Waals surface area contributed by atoms with E-state index in [1.807, 2.05) is 78.8 Å². The first-order valence-electron chi connectivity index (χ1n) is 15.0. The summed E-state index contributed by atoms with van der Waals surface area (Å²) in [5.41, 5.74) is 4.68. The average molecular weight is 602 g/mol. The topological polar surface area (TPSA) is 50.2 Å². The second kappa shape index (κ2) is 17.6. The molecular formula is C36H47F4NO2. The molecule has 2 aliphatic carbocycles.